The van der Waals surface area contributed by atoms with Gasteiger partial charge >= 0.3 is 0 Å². The van der Waals surface area contributed by atoms with Gasteiger partial charge in [-0.25, -0.2) is 4.98 Å². The molecular formula is C18H21N3O. The van der Waals surface area contributed by atoms with E-state index < -0.39 is 0 Å². The van der Waals surface area contributed by atoms with E-state index in [4.69, 9.17) is 0 Å². The van der Waals surface area contributed by atoms with Crippen molar-refractivity contribution in [2.24, 2.45) is 0 Å². The molecule has 114 valence electrons. The van der Waals surface area contributed by atoms with E-state index in [1.165, 1.54) is 17.5 Å². The Morgan fingerprint density at radius 2 is 2.09 bits per heavy atom. The predicted molar refractivity (Wildman–Crippen MR) is 84.9 cm³/mol. The minimum absolute atomic E-state index is 0.180. The molecule has 1 atom stereocenters. The number of rotatable bonds is 2. The molecule has 2 heterocycles. The summed E-state index contributed by atoms with van der Waals surface area (Å²) in [4.78, 5) is 18.9. The van der Waals surface area contributed by atoms with Gasteiger partial charge in [-0.2, -0.15) is 0 Å². The summed E-state index contributed by atoms with van der Waals surface area (Å²) in [7, 11) is 0. The lowest BCUT2D eigenvalue weighted by molar-refractivity contribution is 0.0679. The van der Waals surface area contributed by atoms with Crippen molar-refractivity contribution in [2.75, 3.05) is 13.1 Å². The van der Waals surface area contributed by atoms with Gasteiger partial charge < -0.3 is 9.47 Å². The van der Waals surface area contributed by atoms with Crippen LogP contribution in [0, 0.1) is 0 Å². The largest absolute Gasteiger partial charge is 0.337 e. The fourth-order valence-electron chi connectivity index (χ4n) is 3.76. The van der Waals surface area contributed by atoms with Crippen molar-refractivity contribution < 1.29 is 4.79 Å². The van der Waals surface area contributed by atoms with Crippen LogP contribution < -0.4 is 0 Å². The van der Waals surface area contributed by atoms with Gasteiger partial charge in [-0.1, -0.05) is 6.07 Å². The average molecular weight is 295 g/mol. The summed E-state index contributed by atoms with van der Waals surface area (Å²) in [5.41, 5.74) is 3.65. The molecule has 1 aromatic heterocycles. The molecular weight excluding hydrogens is 274 g/mol. The number of carbonyl (C=O) groups excluding carboxylic acids is 1. The Morgan fingerprint density at radius 1 is 1.18 bits per heavy atom. The molecule has 1 saturated heterocycles. The molecule has 0 radical (unpaired) electrons. The molecule has 4 nitrogen and oxygen atoms in total. The Balaban J connectivity index is 1.52. The molecule has 4 heteroatoms. The number of fused-ring (bicyclic) bond motifs is 1. The zero-order valence-corrected chi connectivity index (χ0v) is 12.7. The van der Waals surface area contributed by atoms with Crippen molar-refractivity contribution in [1.82, 2.24) is 14.5 Å². The van der Waals surface area contributed by atoms with E-state index in [2.05, 4.69) is 21.7 Å². The summed E-state index contributed by atoms with van der Waals surface area (Å²) in [6, 6.07) is 6.63. The van der Waals surface area contributed by atoms with E-state index in [0.29, 0.717) is 6.04 Å². The van der Waals surface area contributed by atoms with Crippen molar-refractivity contribution in [1.29, 1.82) is 0 Å². The first-order chi connectivity index (χ1) is 10.8. The van der Waals surface area contributed by atoms with Crippen LogP contribution in [0.4, 0.5) is 0 Å². The molecule has 0 saturated carbocycles. The zero-order valence-electron chi connectivity index (χ0n) is 12.7. The van der Waals surface area contributed by atoms with Gasteiger partial charge in [0, 0.05) is 31.0 Å². The topological polar surface area (TPSA) is 38.1 Å². The zero-order chi connectivity index (χ0) is 14.9. The van der Waals surface area contributed by atoms with Gasteiger partial charge in [0.05, 0.1) is 12.4 Å². The summed E-state index contributed by atoms with van der Waals surface area (Å²) < 4.78 is 2.13. The van der Waals surface area contributed by atoms with Crippen molar-refractivity contribution in [3.63, 3.8) is 0 Å². The van der Waals surface area contributed by atoms with Crippen LogP contribution in [0.2, 0.25) is 0 Å². The first-order valence-corrected chi connectivity index (χ1v) is 8.20. The van der Waals surface area contributed by atoms with E-state index in [0.717, 1.165) is 44.3 Å². The highest BCUT2D eigenvalue weighted by Gasteiger charge is 2.26. The lowest BCUT2D eigenvalue weighted by Crippen LogP contribution is -2.40. The van der Waals surface area contributed by atoms with E-state index in [9.17, 15) is 4.79 Å². The van der Waals surface area contributed by atoms with Crippen LogP contribution in [0.3, 0.4) is 0 Å². The number of hydrogen-bond acceptors (Lipinski definition) is 2. The van der Waals surface area contributed by atoms with Crippen molar-refractivity contribution in [3.05, 3.63) is 53.6 Å². The van der Waals surface area contributed by atoms with E-state index in [1.54, 1.807) is 6.20 Å². The van der Waals surface area contributed by atoms with Gasteiger partial charge in [0.15, 0.2) is 0 Å². The number of benzene rings is 1. The summed E-state index contributed by atoms with van der Waals surface area (Å²) in [5, 5.41) is 0. The summed E-state index contributed by atoms with van der Waals surface area (Å²) in [5.74, 6) is 0.180. The molecule has 1 fully saturated rings. The van der Waals surface area contributed by atoms with Crippen LogP contribution in [0.15, 0.2) is 36.9 Å². The van der Waals surface area contributed by atoms with E-state index >= 15 is 0 Å². The highest BCUT2D eigenvalue weighted by molar-refractivity contribution is 5.94. The maximum absolute atomic E-state index is 12.8. The van der Waals surface area contributed by atoms with Crippen LogP contribution in [0.1, 0.15) is 46.8 Å². The first-order valence-electron chi connectivity index (χ1n) is 8.20. The molecule has 0 N–H and O–H groups in total. The van der Waals surface area contributed by atoms with Gasteiger partial charge in [-0.3, -0.25) is 4.79 Å². The molecule has 4 rings (SSSR count). The second kappa shape index (κ2) is 5.59. The van der Waals surface area contributed by atoms with E-state index in [-0.39, 0.29) is 5.91 Å². The molecule has 1 aromatic carbocycles. The van der Waals surface area contributed by atoms with Crippen LogP contribution in [-0.4, -0.2) is 33.4 Å². The average Bonchev–Trinajstić information content (AvgIpc) is 3.25. The molecule has 2 aliphatic rings. The maximum Gasteiger partial charge on any atom is 0.253 e. The molecule has 0 spiro atoms. The lowest BCUT2D eigenvalue weighted by atomic mass is 10.0. The molecule has 22 heavy (non-hydrogen) atoms. The van der Waals surface area contributed by atoms with Crippen LogP contribution in [-0.2, 0) is 12.8 Å². The Labute approximate surface area is 130 Å². The minimum Gasteiger partial charge on any atom is -0.337 e. The highest BCUT2D eigenvalue weighted by atomic mass is 16.2. The third-order valence-electron chi connectivity index (χ3n) is 4.98. The summed E-state index contributed by atoms with van der Waals surface area (Å²) in [6.07, 6.45) is 11.3. The van der Waals surface area contributed by atoms with Crippen molar-refractivity contribution in [3.8, 4) is 0 Å². The fourth-order valence-corrected chi connectivity index (χ4v) is 3.76. The quantitative estimate of drug-likeness (QED) is 0.854. The number of aryl methyl sites for hydroxylation is 2. The number of hydrogen-bond donors (Lipinski definition) is 0. The Bertz CT molecular complexity index is 678. The molecule has 1 aliphatic heterocycles. The number of piperidine rings is 1. The van der Waals surface area contributed by atoms with Gasteiger partial charge in [0.1, 0.15) is 0 Å². The number of likely N-dealkylation sites (tertiary alicyclic amines) is 1. The first kappa shape index (κ1) is 13.6. The third kappa shape index (κ3) is 2.43. The monoisotopic (exact) mass is 295 g/mol. The van der Waals surface area contributed by atoms with Gasteiger partial charge in [-0.05, 0) is 55.4 Å². The standard InChI is InChI=1S/C18H21N3O/c22-18(16-7-6-14-3-1-4-15(14)11-16)20-9-2-5-17(12-20)21-10-8-19-13-21/h6-8,10-11,13,17H,1-5,9,12H2/t17-/m1/s1. The second-order valence-corrected chi connectivity index (χ2v) is 6.39. The second-order valence-electron chi connectivity index (χ2n) is 6.39. The van der Waals surface area contributed by atoms with Gasteiger partial charge in [0.25, 0.3) is 5.91 Å². The van der Waals surface area contributed by atoms with E-state index in [1.807, 2.05) is 23.5 Å². The molecule has 2 aromatic rings. The maximum atomic E-state index is 12.8. The van der Waals surface area contributed by atoms with Gasteiger partial charge in [-0.15, -0.1) is 0 Å². The van der Waals surface area contributed by atoms with Crippen LogP contribution in [0.5, 0.6) is 0 Å². The highest BCUT2D eigenvalue weighted by Crippen LogP contribution is 2.26. The molecule has 0 unspecified atom stereocenters. The third-order valence-corrected chi connectivity index (χ3v) is 4.98. The summed E-state index contributed by atoms with van der Waals surface area (Å²) >= 11 is 0. The van der Waals surface area contributed by atoms with Gasteiger partial charge in [0.2, 0.25) is 0 Å². The number of imidazole rings is 1. The van der Waals surface area contributed by atoms with Crippen molar-refractivity contribution >= 4 is 5.91 Å². The Kier molecular flexibility index (Phi) is 3.45. The predicted octanol–water partition coefficient (Wildman–Crippen LogP) is 2.85. The molecule has 1 aliphatic carbocycles. The smallest absolute Gasteiger partial charge is 0.253 e. The number of amides is 1. The Morgan fingerprint density at radius 3 is 2.95 bits per heavy atom. The Hall–Kier alpha value is -2.10. The number of aromatic nitrogens is 2. The fraction of sp³-hybridized carbons (Fsp3) is 0.444. The normalized spacial score (nSPS) is 20.9. The van der Waals surface area contributed by atoms with Crippen LogP contribution in [0.25, 0.3) is 0 Å². The van der Waals surface area contributed by atoms with Crippen LogP contribution >= 0.6 is 0 Å². The summed E-state index contributed by atoms with van der Waals surface area (Å²) in [6.45, 7) is 1.65. The molecule has 0 bridgehead atoms. The molecule has 1 amide bonds. The SMILES string of the molecule is O=C(c1ccc2c(c1)CCC2)N1CCC[C@@H](n2ccnc2)C1. The number of nitrogens with zero attached hydrogens (tertiary/aromatic N) is 3. The van der Waals surface area contributed by atoms with Crippen molar-refractivity contribution in [2.45, 2.75) is 38.1 Å². The lowest BCUT2D eigenvalue weighted by Gasteiger charge is -2.33. The number of carbonyl (C=O) groups is 1. The minimum atomic E-state index is 0.180.